The van der Waals surface area contributed by atoms with Crippen LogP contribution in [-0.4, -0.2) is 9.97 Å². The fourth-order valence-electron chi connectivity index (χ4n) is 1.40. The first-order valence-corrected chi connectivity index (χ1v) is 6.13. The van der Waals surface area contributed by atoms with Crippen molar-refractivity contribution in [3.8, 4) is 0 Å². The number of benzene rings is 1. The van der Waals surface area contributed by atoms with Crippen molar-refractivity contribution in [2.24, 2.45) is 0 Å². The maximum atomic E-state index is 6.06. The largest absolute Gasteiger partial charge is 0.220 e. The summed E-state index contributed by atoms with van der Waals surface area (Å²) < 4.78 is 0. The van der Waals surface area contributed by atoms with Crippen molar-refractivity contribution in [2.45, 2.75) is 13.3 Å². The Kier molecular flexibility index (Phi) is 3.87. The van der Waals surface area contributed by atoms with Crippen LogP contribution in [0, 0.1) is 6.92 Å². The minimum Gasteiger partial charge on any atom is -0.220 e. The summed E-state index contributed by atoms with van der Waals surface area (Å²) in [5.74, 6) is 0.568. The molecule has 0 aliphatic heterocycles. The van der Waals surface area contributed by atoms with E-state index < -0.39 is 0 Å². The van der Waals surface area contributed by atoms with Crippen LogP contribution in [0.4, 0.5) is 0 Å². The van der Waals surface area contributed by atoms with Gasteiger partial charge in [0.25, 0.3) is 0 Å². The lowest BCUT2D eigenvalue weighted by Crippen LogP contribution is -2.00. The standard InChI is InChI=1S/C12H9Cl3N2/c1-7-11(14)16-10(17-12(7)15)6-8-4-2-3-5-9(8)13/h2-5H,6H2,1H3. The maximum absolute atomic E-state index is 6.06. The molecule has 0 aliphatic rings. The summed E-state index contributed by atoms with van der Waals surface area (Å²) in [4.78, 5) is 8.36. The predicted molar refractivity (Wildman–Crippen MR) is 71.0 cm³/mol. The molecule has 0 radical (unpaired) electrons. The van der Waals surface area contributed by atoms with Crippen molar-refractivity contribution in [3.63, 3.8) is 0 Å². The Morgan fingerprint density at radius 2 is 1.59 bits per heavy atom. The van der Waals surface area contributed by atoms with Gasteiger partial charge in [0.1, 0.15) is 16.1 Å². The van der Waals surface area contributed by atoms with Gasteiger partial charge in [0.15, 0.2) is 0 Å². The molecule has 88 valence electrons. The molecule has 0 amide bonds. The van der Waals surface area contributed by atoms with Gasteiger partial charge in [-0.25, -0.2) is 9.97 Å². The van der Waals surface area contributed by atoms with E-state index in [1.807, 2.05) is 24.3 Å². The second-order valence-corrected chi connectivity index (χ2v) is 4.74. The molecular weight excluding hydrogens is 279 g/mol. The molecule has 2 nitrogen and oxygen atoms in total. The van der Waals surface area contributed by atoms with Crippen molar-refractivity contribution < 1.29 is 0 Å². The molecule has 2 rings (SSSR count). The van der Waals surface area contributed by atoms with Gasteiger partial charge in [0.2, 0.25) is 0 Å². The predicted octanol–water partition coefficient (Wildman–Crippen LogP) is 4.34. The second kappa shape index (κ2) is 5.21. The molecule has 0 saturated carbocycles. The molecule has 0 bridgehead atoms. The zero-order chi connectivity index (χ0) is 12.4. The summed E-state index contributed by atoms with van der Waals surface area (Å²) in [5.41, 5.74) is 1.64. The van der Waals surface area contributed by atoms with Crippen LogP contribution in [0.1, 0.15) is 17.0 Å². The van der Waals surface area contributed by atoms with Crippen molar-refractivity contribution in [1.82, 2.24) is 9.97 Å². The van der Waals surface area contributed by atoms with Gasteiger partial charge in [0.05, 0.1) is 0 Å². The third-order valence-electron chi connectivity index (χ3n) is 2.38. The van der Waals surface area contributed by atoms with Crippen LogP contribution in [-0.2, 0) is 6.42 Å². The number of rotatable bonds is 2. The highest BCUT2D eigenvalue weighted by Gasteiger charge is 2.09. The Hall–Kier alpha value is -0.830. The summed E-state index contributed by atoms with van der Waals surface area (Å²) in [6, 6.07) is 7.54. The summed E-state index contributed by atoms with van der Waals surface area (Å²) in [7, 11) is 0. The summed E-state index contributed by atoms with van der Waals surface area (Å²) >= 11 is 18.0. The molecule has 2 aromatic rings. The minimum atomic E-state index is 0.382. The van der Waals surface area contributed by atoms with Gasteiger partial charge in [-0.3, -0.25) is 0 Å². The first-order valence-electron chi connectivity index (χ1n) is 5.00. The van der Waals surface area contributed by atoms with Crippen molar-refractivity contribution >= 4 is 34.8 Å². The fourth-order valence-corrected chi connectivity index (χ4v) is 2.02. The van der Waals surface area contributed by atoms with Gasteiger partial charge in [-0.1, -0.05) is 53.0 Å². The molecule has 17 heavy (non-hydrogen) atoms. The molecule has 1 aromatic heterocycles. The van der Waals surface area contributed by atoms with Crippen LogP contribution in [0.25, 0.3) is 0 Å². The Morgan fingerprint density at radius 1 is 1.00 bits per heavy atom. The summed E-state index contributed by atoms with van der Waals surface area (Å²) in [6.07, 6.45) is 0.513. The molecule has 0 spiro atoms. The monoisotopic (exact) mass is 286 g/mol. The van der Waals surface area contributed by atoms with Crippen LogP contribution in [0.3, 0.4) is 0 Å². The molecule has 5 heteroatoms. The summed E-state index contributed by atoms with van der Waals surface area (Å²) in [6.45, 7) is 1.78. The lowest BCUT2D eigenvalue weighted by Gasteiger charge is -2.06. The fraction of sp³-hybridized carbons (Fsp3) is 0.167. The van der Waals surface area contributed by atoms with E-state index in [1.165, 1.54) is 0 Å². The van der Waals surface area contributed by atoms with E-state index >= 15 is 0 Å². The number of nitrogens with zero attached hydrogens (tertiary/aromatic N) is 2. The lowest BCUT2D eigenvalue weighted by atomic mass is 10.1. The number of aromatic nitrogens is 2. The van der Waals surface area contributed by atoms with E-state index in [1.54, 1.807) is 6.92 Å². The first-order chi connectivity index (χ1) is 8.08. The number of hydrogen-bond donors (Lipinski definition) is 0. The van der Waals surface area contributed by atoms with E-state index in [0.717, 1.165) is 5.56 Å². The van der Waals surface area contributed by atoms with Crippen LogP contribution < -0.4 is 0 Å². The van der Waals surface area contributed by atoms with Gasteiger partial charge in [-0.2, -0.15) is 0 Å². The maximum Gasteiger partial charge on any atom is 0.137 e. The normalized spacial score (nSPS) is 10.6. The zero-order valence-corrected chi connectivity index (χ0v) is 11.3. The Balaban J connectivity index is 2.34. The van der Waals surface area contributed by atoms with E-state index in [4.69, 9.17) is 34.8 Å². The van der Waals surface area contributed by atoms with Crippen molar-refractivity contribution in [1.29, 1.82) is 0 Å². The van der Waals surface area contributed by atoms with E-state index in [-0.39, 0.29) is 0 Å². The summed E-state index contributed by atoms with van der Waals surface area (Å²) in [5, 5.41) is 1.45. The molecule has 0 atom stereocenters. The highest BCUT2D eigenvalue weighted by atomic mass is 35.5. The van der Waals surface area contributed by atoms with Crippen LogP contribution in [0.5, 0.6) is 0 Å². The van der Waals surface area contributed by atoms with Gasteiger partial charge in [-0.05, 0) is 18.6 Å². The van der Waals surface area contributed by atoms with Gasteiger partial charge in [-0.15, -0.1) is 0 Å². The topological polar surface area (TPSA) is 25.8 Å². The Labute approximate surface area is 115 Å². The van der Waals surface area contributed by atoms with Crippen LogP contribution in [0.15, 0.2) is 24.3 Å². The average molecular weight is 288 g/mol. The highest BCUT2D eigenvalue weighted by Crippen LogP contribution is 2.22. The van der Waals surface area contributed by atoms with E-state index in [2.05, 4.69) is 9.97 Å². The van der Waals surface area contributed by atoms with Crippen LogP contribution >= 0.6 is 34.8 Å². The molecular formula is C12H9Cl3N2. The third kappa shape index (κ3) is 2.89. The lowest BCUT2D eigenvalue weighted by molar-refractivity contribution is 0.956. The second-order valence-electron chi connectivity index (χ2n) is 3.61. The van der Waals surface area contributed by atoms with Crippen molar-refractivity contribution in [3.05, 3.63) is 56.5 Å². The van der Waals surface area contributed by atoms with Crippen LogP contribution in [0.2, 0.25) is 15.3 Å². The first kappa shape index (κ1) is 12.6. The zero-order valence-electron chi connectivity index (χ0n) is 9.04. The Bertz CT molecular complexity index is 532. The van der Waals surface area contributed by atoms with Crippen molar-refractivity contribution in [2.75, 3.05) is 0 Å². The van der Waals surface area contributed by atoms with Gasteiger partial charge < -0.3 is 0 Å². The molecule has 0 unspecified atom stereocenters. The molecule has 0 N–H and O–H groups in total. The SMILES string of the molecule is Cc1c(Cl)nc(Cc2ccccc2Cl)nc1Cl. The third-order valence-corrected chi connectivity index (χ3v) is 3.48. The molecule has 1 heterocycles. The van der Waals surface area contributed by atoms with E-state index in [9.17, 15) is 0 Å². The van der Waals surface area contributed by atoms with Gasteiger partial charge >= 0.3 is 0 Å². The van der Waals surface area contributed by atoms with Gasteiger partial charge in [0, 0.05) is 17.0 Å². The molecule has 0 aliphatic carbocycles. The smallest absolute Gasteiger partial charge is 0.137 e. The number of halogens is 3. The highest BCUT2D eigenvalue weighted by molar-refractivity contribution is 6.34. The Morgan fingerprint density at radius 3 is 2.18 bits per heavy atom. The molecule has 0 fully saturated rings. The molecule has 1 aromatic carbocycles. The molecule has 0 saturated heterocycles. The quantitative estimate of drug-likeness (QED) is 0.768. The minimum absolute atomic E-state index is 0.382. The van der Waals surface area contributed by atoms with E-state index in [0.29, 0.717) is 33.1 Å². The average Bonchev–Trinajstić information content (AvgIpc) is 2.29. The number of hydrogen-bond acceptors (Lipinski definition) is 2.